The third-order valence-electron chi connectivity index (χ3n) is 4.01. The standard InChI is InChI=1S/C18H20N5O2PS/c1-12-17(26(19,20)25)27-18(22-12)23(2)16(24)11-13-6-8-14(9-7-13)15-5-3-4-10-21-15/h3-10H,11H2,1-2H3,(H4,19,20,25). The highest BCUT2D eigenvalue weighted by molar-refractivity contribution is 7.73. The molecule has 2 aromatic heterocycles. The molecule has 3 rings (SSSR count). The SMILES string of the molecule is Cc1nc(N(C)C(=O)Cc2ccc(-c3ccccn3)cc2)sc1P(N)(N)=O. The lowest BCUT2D eigenvalue weighted by atomic mass is 10.1. The Morgan fingerprint density at radius 1 is 1.19 bits per heavy atom. The number of anilines is 1. The average molecular weight is 401 g/mol. The van der Waals surface area contributed by atoms with Crippen molar-refractivity contribution in [1.82, 2.24) is 9.97 Å². The fourth-order valence-corrected chi connectivity index (χ4v) is 4.73. The molecule has 0 aliphatic carbocycles. The molecular formula is C18H20N5O2PS. The van der Waals surface area contributed by atoms with Gasteiger partial charge in [-0.25, -0.2) is 4.98 Å². The first-order valence-electron chi connectivity index (χ1n) is 8.18. The van der Waals surface area contributed by atoms with Crippen LogP contribution in [0.5, 0.6) is 0 Å². The number of carbonyl (C=O) groups is 1. The number of likely N-dealkylation sites (N-methyl/N-ethyl adjacent to an activating group) is 1. The maximum atomic E-state index is 12.6. The molecule has 27 heavy (non-hydrogen) atoms. The van der Waals surface area contributed by atoms with Crippen LogP contribution in [0.4, 0.5) is 5.13 Å². The molecule has 0 fully saturated rings. The molecule has 2 heterocycles. The van der Waals surface area contributed by atoms with Crippen molar-refractivity contribution < 1.29 is 9.36 Å². The Kier molecular flexibility index (Phi) is 5.53. The molecule has 1 aromatic carbocycles. The molecule has 0 unspecified atom stereocenters. The fourth-order valence-electron chi connectivity index (χ4n) is 2.57. The largest absolute Gasteiger partial charge is 0.291 e. The first kappa shape index (κ1) is 19.4. The topological polar surface area (TPSA) is 115 Å². The predicted octanol–water partition coefficient (Wildman–Crippen LogP) is 2.45. The second-order valence-electron chi connectivity index (χ2n) is 6.14. The van der Waals surface area contributed by atoms with Crippen molar-refractivity contribution in [2.45, 2.75) is 13.3 Å². The van der Waals surface area contributed by atoms with Gasteiger partial charge in [-0.1, -0.05) is 41.7 Å². The van der Waals surface area contributed by atoms with Crippen molar-refractivity contribution in [3.63, 3.8) is 0 Å². The number of rotatable bonds is 5. The highest BCUT2D eigenvalue weighted by Crippen LogP contribution is 2.32. The van der Waals surface area contributed by atoms with Crippen molar-refractivity contribution in [1.29, 1.82) is 0 Å². The van der Waals surface area contributed by atoms with Crippen LogP contribution in [0.2, 0.25) is 0 Å². The summed E-state index contributed by atoms with van der Waals surface area (Å²) in [7, 11) is -1.76. The number of aromatic nitrogens is 2. The molecule has 0 radical (unpaired) electrons. The Morgan fingerprint density at radius 3 is 2.44 bits per heavy atom. The minimum absolute atomic E-state index is 0.134. The summed E-state index contributed by atoms with van der Waals surface area (Å²) in [5, 5.41) is 0.425. The van der Waals surface area contributed by atoms with Gasteiger partial charge in [-0.05, 0) is 24.6 Å². The summed E-state index contributed by atoms with van der Waals surface area (Å²) in [4.78, 5) is 22.6. The molecule has 0 aliphatic heterocycles. The van der Waals surface area contributed by atoms with Crippen LogP contribution >= 0.6 is 18.8 Å². The van der Waals surface area contributed by atoms with Crippen LogP contribution < -0.4 is 20.5 Å². The average Bonchev–Trinajstić information content (AvgIpc) is 3.04. The Bertz CT molecular complexity index is 998. The van der Waals surface area contributed by atoms with Gasteiger partial charge in [0.25, 0.3) is 0 Å². The number of hydrogen-bond acceptors (Lipinski definition) is 5. The second kappa shape index (κ2) is 7.70. The van der Waals surface area contributed by atoms with Gasteiger partial charge in [0.1, 0.15) is 4.62 Å². The molecule has 0 saturated heterocycles. The maximum Gasteiger partial charge on any atom is 0.247 e. The van der Waals surface area contributed by atoms with E-state index in [1.165, 1.54) is 4.90 Å². The molecule has 0 spiro atoms. The monoisotopic (exact) mass is 401 g/mol. The predicted molar refractivity (Wildman–Crippen MR) is 109 cm³/mol. The summed E-state index contributed by atoms with van der Waals surface area (Å²) in [5.41, 5.74) is 14.3. The summed E-state index contributed by atoms with van der Waals surface area (Å²) in [6.07, 6.45) is 1.96. The molecule has 7 nitrogen and oxygen atoms in total. The van der Waals surface area contributed by atoms with Crippen LogP contribution in [-0.4, -0.2) is 22.9 Å². The molecule has 140 valence electrons. The van der Waals surface area contributed by atoms with E-state index in [0.717, 1.165) is 28.2 Å². The van der Waals surface area contributed by atoms with Crippen LogP contribution in [0.25, 0.3) is 11.3 Å². The van der Waals surface area contributed by atoms with Crippen molar-refractivity contribution >= 4 is 34.4 Å². The number of carbonyl (C=O) groups excluding carboxylic acids is 1. The highest BCUT2D eigenvalue weighted by atomic mass is 32.1. The van der Waals surface area contributed by atoms with Crippen LogP contribution in [0.15, 0.2) is 48.7 Å². The molecule has 0 atom stereocenters. The summed E-state index contributed by atoms with van der Waals surface area (Å²) in [6, 6.07) is 13.4. The van der Waals surface area contributed by atoms with E-state index in [1.54, 1.807) is 20.2 Å². The smallest absolute Gasteiger partial charge is 0.247 e. The third kappa shape index (κ3) is 4.48. The van der Waals surface area contributed by atoms with Gasteiger partial charge in [-0.2, -0.15) is 0 Å². The van der Waals surface area contributed by atoms with E-state index in [2.05, 4.69) is 9.97 Å². The molecule has 1 amide bonds. The van der Waals surface area contributed by atoms with E-state index in [0.29, 0.717) is 15.4 Å². The van der Waals surface area contributed by atoms with Gasteiger partial charge in [0.2, 0.25) is 13.4 Å². The van der Waals surface area contributed by atoms with Crippen molar-refractivity contribution in [2.24, 2.45) is 11.0 Å². The van der Waals surface area contributed by atoms with E-state index in [1.807, 2.05) is 42.5 Å². The zero-order valence-corrected chi connectivity index (χ0v) is 16.7. The number of nitrogens with zero attached hydrogens (tertiary/aromatic N) is 3. The summed E-state index contributed by atoms with van der Waals surface area (Å²) < 4.78 is 12.2. The van der Waals surface area contributed by atoms with Gasteiger partial charge in [-0.3, -0.25) is 30.3 Å². The summed E-state index contributed by atoms with van der Waals surface area (Å²) >= 11 is 1.09. The lowest BCUT2D eigenvalue weighted by molar-refractivity contribution is -0.117. The van der Waals surface area contributed by atoms with Gasteiger partial charge in [0.05, 0.1) is 17.8 Å². The van der Waals surface area contributed by atoms with E-state index < -0.39 is 7.44 Å². The van der Waals surface area contributed by atoms with Crippen LogP contribution in [0, 0.1) is 6.92 Å². The molecule has 4 N–H and O–H groups in total. The van der Waals surface area contributed by atoms with Crippen LogP contribution in [-0.2, 0) is 15.8 Å². The maximum absolute atomic E-state index is 12.6. The molecular weight excluding hydrogens is 381 g/mol. The first-order valence-corrected chi connectivity index (χ1v) is 10.8. The van der Waals surface area contributed by atoms with E-state index in [-0.39, 0.29) is 12.3 Å². The molecule has 9 heteroatoms. The van der Waals surface area contributed by atoms with Gasteiger partial charge >= 0.3 is 0 Å². The number of nitrogens with two attached hydrogens (primary N) is 2. The van der Waals surface area contributed by atoms with Gasteiger partial charge in [-0.15, -0.1) is 0 Å². The third-order valence-corrected chi connectivity index (χ3v) is 7.13. The minimum atomic E-state index is -3.39. The molecule has 3 aromatic rings. The van der Waals surface area contributed by atoms with E-state index in [4.69, 9.17) is 11.0 Å². The van der Waals surface area contributed by atoms with Gasteiger partial charge < -0.3 is 0 Å². The number of hydrogen-bond donors (Lipinski definition) is 2. The zero-order valence-electron chi connectivity index (χ0n) is 15.0. The van der Waals surface area contributed by atoms with E-state index >= 15 is 0 Å². The highest BCUT2D eigenvalue weighted by Gasteiger charge is 2.24. The second-order valence-corrected chi connectivity index (χ2v) is 9.28. The van der Waals surface area contributed by atoms with Gasteiger partial charge in [0, 0.05) is 18.8 Å². The first-order chi connectivity index (χ1) is 12.8. The number of thiazole rings is 1. The van der Waals surface area contributed by atoms with E-state index in [9.17, 15) is 9.36 Å². The molecule has 0 saturated carbocycles. The number of pyridine rings is 1. The summed E-state index contributed by atoms with van der Waals surface area (Å²) in [6.45, 7) is 1.68. The lowest BCUT2D eigenvalue weighted by Crippen LogP contribution is -2.27. The normalized spacial score (nSPS) is 11.4. The van der Waals surface area contributed by atoms with Crippen molar-refractivity contribution in [3.05, 3.63) is 59.9 Å². The number of aryl methyl sites for hydroxylation is 1. The van der Waals surface area contributed by atoms with Crippen LogP contribution in [0.1, 0.15) is 11.3 Å². The molecule has 0 aliphatic rings. The quantitative estimate of drug-likeness (QED) is 0.635. The van der Waals surface area contributed by atoms with Crippen LogP contribution in [0.3, 0.4) is 0 Å². The number of amides is 1. The number of benzene rings is 1. The minimum Gasteiger partial charge on any atom is -0.291 e. The Balaban J connectivity index is 1.73. The van der Waals surface area contributed by atoms with Crippen molar-refractivity contribution in [3.8, 4) is 11.3 Å². The molecule has 0 bridgehead atoms. The summed E-state index contributed by atoms with van der Waals surface area (Å²) in [5.74, 6) is -0.134. The van der Waals surface area contributed by atoms with Crippen molar-refractivity contribution in [2.75, 3.05) is 11.9 Å². The Hall–Kier alpha value is -2.38. The van der Waals surface area contributed by atoms with Gasteiger partial charge in [0.15, 0.2) is 5.13 Å². The Morgan fingerprint density at radius 2 is 1.89 bits per heavy atom. The Labute approximate surface area is 161 Å². The zero-order chi connectivity index (χ0) is 19.6. The lowest BCUT2D eigenvalue weighted by Gasteiger charge is -2.14. The fraction of sp³-hybridized carbons (Fsp3) is 0.167.